The number of benzene rings is 3. The highest BCUT2D eigenvalue weighted by Crippen LogP contribution is 2.37. The van der Waals surface area contributed by atoms with Gasteiger partial charge in [-0.2, -0.15) is 9.97 Å². The maximum absolute atomic E-state index is 13.4. The lowest BCUT2D eigenvalue weighted by atomic mass is 10.1. The van der Waals surface area contributed by atoms with Crippen LogP contribution in [0.3, 0.4) is 0 Å². The number of hydrogen-bond donors (Lipinski definition) is 1. The van der Waals surface area contributed by atoms with E-state index in [-0.39, 0.29) is 40.7 Å². The van der Waals surface area contributed by atoms with E-state index >= 15 is 0 Å². The van der Waals surface area contributed by atoms with Gasteiger partial charge in [0.1, 0.15) is 12.7 Å². The van der Waals surface area contributed by atoms with Crippen LogP contribution in [-0.2, 0) is 18.9 Å². The van der Waals surface area contributed by atoms with Gasteiger partial charge in [0.15, 0.2) is 35.4 Å². The van der Waals surface area contributed by atoms with Gasteiger partial charge in [-0.25, -0.2) is 19.4 Å². The Labute approximate surface area is 256 Å². The molecule has 1 fully saturated rings. The number of carbonyl (C=O) groups excluding carboxylic acids is 3. The van der Waals surface area contributed by atoms with Crippen molar-refractivity contribution in [3.63, 3.8) is 0 Å². The maximum atomic E-state index is 13.4. The van der Waals surface area contributed by atoms with Crippen molar-refractivity contribution in [1.29, 1.82) is 0 Å². The van der Waals surface area contributed by atoms with Crippen LogP contribution in [0.2, 0.25) is 0 Å². The van der Waals surface area contributed by atoms with E-state index in [4.69, 9.17) is 29.4 Å². The van der Waals surface area contributed by atoms with Crippen LogP contribution in [0.5, 0.6) is 6.01 Å². The Hall–Kier alpha value is -5.82. The Kier molecular flexibility index (Phi) is 8.33. The Bertz CT molecular complexity index is 1820. The standard InChI is InChI=1S/C32H27N5O8/c1-41-32-35-26(33)23-27(36-32)37(18-34-23)28-25(45-31(40)21-15-9-4-10-16-21)24(44-30(39)20-13-7-3-8-14-20)22(43-28)17-42-29(38)19-11-5-2-6-12-19/h2-16,18,22,24-25,28H,17H2,1H3,(H2,33,35,36). The second-order valence-electron chi connectivity index (χ2n) is 9.92. The minimum Gasteiger partial charge on any atom is -0.467 e. The van der Waals surface area contributed by atoms with Crippen LogP contribution < -0.4 is 10.5 Å². The van der Waals surface area contributed by atoms with Gasteiger partial charge in [0, 0.05) is 0 Å². The molecule has 3 heterocycles. The number of methoxy groups -OCH3 is 1. The van der Waals surface area contributed by atoms with Gasteiger partial charge in [0.05, 0.1) is 30.1 Å². The minimum atomic E-state index is -1.26. The van der Waals surface area contributed by atoms with Gasteiger partial charge in [-0.05, 0) is 36.4 Å². The van der Waals surface area contributed by atoms with E-state index in [0.717, 1.165) is 0 Å². The predicted molar refractivity (Wildman–Crippen MR) is 158 cm³/mol. The molecule has 1 aliphatic heterocycles. The average Bonchev–Trinajstić information content (AvgIpc) is 3.65. The predicted octanol–water partition coefficient (Wildman–Crippen LogP) is 3.62. The van der Waals surface area contributed by atoms with Crippen molar-refractivity contribution in [3.8, 4) is 6.01 Å². The molecule has 13 heteroatoms. The Morgan fingerprint density at radius 1 is 0.778 bits per heavy atom. The second-order valence-corrected chi connectivity index (χ2v) is 9.92. The third-order valence-electron chi connectivity index (χ3n) is 7.06. The van der Waals surface area contributed by atoms with E-state index in [9.17, 15) is 14.4 Å². The highest BCUT2D eigenvalue weighted by molar-refractivity contribution is 5.91. The lowest BCUT2D eigenvalue weighted by Gasteiger charge is -2.25. The highest BCUT2D eigenvalue weighted by Gasteiger charge is 2.52. The monoisotopic (exact) mass is 609 g/mol. The summed E-state index contributed by atoms with van der Waals surface area (Å²) in [5, 5.41) is 0. The molecule has 2 N–H and O–H groups in total. The molecule has 228 valence electrons. The number of rotatable bonds is 9. The first-order valence-corrected chi connectivity index (χ1v) is 13.9. The Morgan fingerprint density at radius 3 is 1.87 bits per heavy atom. The van der Waals surface area contributed by atoms with Crippen LogP contribution in [0.4, 0.5) is 5.82 Å². The summed E-state index contributed by atoms with van der Waals surface area (Å²) >= 11 is 0. The first-order chi connectivity index (χ1) is 21.9. The lowest BCUT2D eigenvalue weighted by molar-refractivity contribution is -0.0606. The van der Waals surface area contributed by atoms with Crippen LogP contribution in [0, 0.1) is 0 Å². The smallest absolute Gasteiger partial charge is 0.338 e. The number of aromatic nitrogens is 4. The summed E-state index contributed by atoms with van der Waals surface area (Å²) in [6.07, 6.45) is -3.35. The molecule has 2 aromatic heterocycles. The number of anilines is 1. The van der Waals surface area contributed by atoms with Crippen LogP contribution in [0.1, 0.15) is 37.3 Å². The Balaban J connectivity index is 1.39. The van der Waals surface area contributed by atoms with E-state index in [2.05, 4.69) is 15.0 Å². The van der Waals surface area contributed by atoms with Gasteiger partial charge in [-0.15, -0.1) is 0 Å². The molecular weight excluding hydrogens is 582 g/mol. The number of ether oxygens (including phenoxy) is 5. The zero-order valence-corrected chi connectivity index (χ0v) is 23.9. The van der Waals surface area contributed by atoms with Crippen molar-refractivity contribution in [3.05, 3.63) is 114 Å². The molecule has 1 aliphatic rings. The van der Waals surface area contributed by atoms with Crippen molar-refractivity contribution in [2.75, 3.05) is 19.5 Å². The topological polar surface area (TPSA) is 167 Å². The van der Waals surface area contributed by atoms with Crippen molar-refractivity contribution < 1.29 is 38.1 Å². The summed E-state index contributed by atoms with van der Waals surface area (Å²) in [6.45, 7) is -0.344. The summed E-state index contributed by atoms with van der Waals surface area (Å²) < 4.78 is 30.6. The van der Waals surface area contributed by atoms with E-state index in [0.29, 0.717) is 5.56 Å². The summed E-state index contributed by atoms with van der Waals surface area (Å²) in [7, 11) is 1.38. The normalized spacial score (nSPS) is 19.1. The molecule has 0 amide bonds. The van der Waals surface area contributed by atoms with Crippen molar-refractivity contribution in [2.45, 2.75) is 24.5 Å². The number of nitrogens with zero attached hydrogens (tertiary/aromatic N) is 4. The van der Waals surface area contributed by atoms with Crippen molar-refractivity contribution in [1.82, 2.24) is 19.5 Å². The molecule has 0 saturated carbocycles. The van der Waals surface area contributed by atoms with Crippen molar-refractivity contribution in [2.24, 2.45) is 0 Å². The highest BCUT2D eigenvalue weighted by atomic mass is 16.7. The van der Waals surface area contributed by atoms with Crippen LogP contribution >= 0.6 is 0 Å². The number of esters is 3. The van der Waals surface area contributed by atoms with Gasteiger partial charge in [-0.3, -0.25) is 4.57 Å². The fourth-order valence-electron chi connectivity index (χ4n) is 4.88. The van der Waals surface area contributed by atoms with Crippen LogP contribution in [0.15, 0.2) is 97.3 Å². The minimum absolute atomic E-state index is 0.0297. The maximum Gasteiger partial charge on any atom is 0.338 e. The van der Waals surface area contributed by atoms with E-state index in [1.807, 2.05) is 0 Å². The summed E-state index contributed by atoms with van der Waals surface area (Å²) in [5.41, 5.74) is 7.38. The van der Waals surface area contributed by atoms with Crippen LogP contribution in [-0.4, -0.2) is 69.5 Å². The van der Waals surface area contributed by atoms with Crippen LogP contribution in [0.25, 0.3) is 11.2 Å². The molecular formula is C32H27N5O8. The number of nitrogen functional groups attached to an aromatic ring is 1. The van der Waals surface area contributed by atoms with Gasteiger partial charge < -0.3 is 29.4 Å². The molecule has 6 rings (SSSR count). The first kappa shape index (κ1) is 29.3. The molecule has 3 aromatic carbocycles. The third-order valence-corrected chi connectivity index (χ3v) is 7.06. The molecule has 0 bridgehead atoms. The molecule has 45 heavy (non-hydrogen) atoms. The quantitative estimate of drug-likeness (QED) is 0.191. The summed E-state index contributed by atoms with van der Waals surface area (Å²) in [4.78, 5) is 52.4. The average molecular weight is 610 g/mol. The molecule has 13 nitrogen and oxygen atoms in total. The molecule has 4 unspecified atom stereocenters. The number of hydrogen-bond acceptors (Lipinski definition) is 12. The molecule has 0 radical (unpaired) electrons. The fourth-order valence-corrected chi connectivity index (χ4v) is 4.88. The zero-order chi connectivity index (χ0) is 31.3. The molecule has 0 spiro atoms. The molecule has 1 saturated heterocycles. The van der Waals surface area contributed by atoms with Gasteiger partial charge >= 0.3 is 23.9 Å². The third kappa shape index (κ3) is 6.15. The summed E-state index contributed by atoms with van der Waals surface area (Å²) in [6, 6.07) is 25.0. The Morgan fingerprint density at radius 2 is 1.31 bits per heavy atom. The summed E-state index contributed by atoms with van der Waals surface area (Å²) in [5.74, 6) is -1.97. The van der Waals surface area contributed by atoms with E-state index in [1.54, 1.807) is 91.0 Å². The number of fused-ring (bicyclic) bond motifs is 1. The van der Waals surface area contributed by atoms with E-state index < -0.39 is 42.4 Å². The van der Waals surface area contributed by atoms with Gasteiger partial charge in [-0.1, -0.05) is 54.6 Å². The number of nitrogens with two attached hydrogens (primary N) is 1. The first-order valence-electron chi connectivity index (χ1n) is 13.9. The zero-order valence-electron chi connectivity index (χ0n) is 23.9. The SMILES string of the molecule is COc1nc(N)c2ncn(C3OC(COC(=O)c4ccccc4)C(OC(=O)c4ccccc4)C3OC(=O)c3ccccc3)c2n1. The van der Waals surface area contributed by atoms with Crippen molar-refractivity contribution >= 4 is 34.9 Å². The second kappa shape index (κ2) is 12.8. The molecule has 4 atom stereocenters. The largest absolute Gasteiger partial charge is 0.467 e. The van der Waals surface area contributed by atoms with Gasteiger partial charge in [0.2, 0.25) is 0 Å². The molecule has 0 aliphatic carbocycles. The van der Waals surface area contributed by atoms with E-state index in [1.165, 1.54) is 18.0 Å². The van der Waals surface area contributed by atoms with Gasteiger partial charge in [0.25, 0.3) is 0 Å². The molecule has 5 aromatic rings. The number of imidazole rings is 1. The fraction of sp³-hybridized carbons (Fsp3) is 0.188. The lowest BCUT2D eigenvalue weighted by Crippen LogP contribution is -2.41. The number of carbonyl (C=O) groups is 3.